The van der Waals surface area contributed by atoms with Gasteiger partial charge in [-0.05, 0) is 18.4 Å². The molecule has 5 heteroatoms. The second-order valence-electron chi connectivity index (χ2n) is 2.93. The molecule has 1 aromatic heterocycles. The van der Waals surface area contributed by atoms with Crippen molar-refractivity contribution in [3.8, 4) is 0 Å². The second-order valence-corrected chi connectivity index (χ2v) is 4.15. The number of aliphatic hydroxyl groups is 2. The van der Waals surface area contributed by atoms with E-state index in [1.165, 1.54) is 18.3 Å². The number of ketones is 1. The Hall–Kier alpha value is -0.420. The standard InChI is InChI=1S/C9H11ClO3S/c1-5(11)9-6(2-3-14-9)8(13)7(12)4-10/h2-3,7-8,12-13H,4H2,1H3. The highest BCUT2D eigenvalue weighted by Crippen LogP contribution is 2.26. The predicted molar refractivity (Wildman–Crippen MR) is 56.0 cm³/mol. The van der Waals surface area contributed by atoms with Gasteiger partial charge in [0, 0.05) is 5.56 Å². The van der Waals surface area contributed by atoms with Gasteiger partial charge in [-0.15, -0.1) is 22.9 Å². The van der Waals surface area contributed by atoms with Gasteiger partial charge in [0.2, 0.25) is 0 Å². The summed E-state index contributed by atoms with van der Waals surface area (Å²) in [6, 6.07) is 1.63. The van der Waals surface area contributed by atoms with Crippen molar-refractivity contribution in [1.82, 2.24) is 0 Å². The molecule has 0 amide bonds. The van der Waals surface area contributed by atoms with Crippen LogP contribution in [0.25, 0.3) is 0 Å². The molecule has 1 heterocycles. The molecule has 0 aromatic carbocycles. The monoisotopic (exact) mass is 234 g/mol. The van der Waals surface area contributed by atoms with Crippen LogP contribution in [-0.4, -0.2) is 28.0 Å². The number of aliphatic hydroxyl groups excluding tert-OH is 2. The Bertz CT molecular complexity index is 324. The Morgan fingerprint density at radius 2 is 2.29 bits per heavy atom. The molecule has 0 radical (unpaired) electrons. The summed E-state index contributed by atoms with van der Waals surface area (Å²) in [7, 11) is 0. The van der Waals surface area contributed by atoms with Gasteiger partial charge in [0.05, 0.1) is 16.9 Å². The van der Waals surface area contributed by atoms with Gasteiger partial charge in [-0.2, -0.15) is 0 Å². The minimum atomic E-state index is -1.09. The number of hydrogen-bond donors (Lipinski definition) is 2. The van der Waals surface area contributed by atoms with Crippen LogP contribution in [0.5, 0.6) is 0 Å². The molecule has 3 nitrogen and oxygen atoms in total. The van der Waals surface area contributed by atoms with Gasteiger partial charge in [0.1, 0.15) is 6.10 Å². The van der Waals surface area contributed by atoms with E-state index in [0.29, 0.717) is 10.4 Å². The Balaban J connectivity index is 2.94. The molecule has 0 fully saturated rings. The lowest BCUT2D eigenvalue weighted by Crippen LogP contribution is -2.20. The normalized spacial score (nSPS) is 15.1. The van der Waals surface area contributed by atoms with Crippen molar-refractivity contribution in [3.05, 3.63) is 21.9 Å². The van der Waals surface area contributed by atoms with Crippen molar-refractivity contribution >= 4 is 28.7 Å². The van der Waals surface area contributed by atoms with E-state index in [-0.39, 0.29) is 11.7 Å². The quantitative estimate of drug-likeness (QED) is 0.614. The van der Waals surface area contributed by atoms with E-state index in [9.17, 15) is 15.0 Å². The van der Waals surface area contributed by atoms with Gasteiger partial charge in [-0.25, -0.2) is 0 Å². The third kappa shape index (κ3) is 2.33. The van der Waals surface area contributed by atoms with Crippen molar-refractivity contribution < 1.29 is 15.0 Å². The molecule has 0 saturated heterocycles. The first-order chi connectivity index (χ1) is 6.57. The zero-order valence-corrected chi connectivity index (χ0v) is 9.18. The zero-order valence-electron chi connectivity index (χ0n) is 7.61. The van der Waals surface area contributed by atoms with Crippen LogP contribution in [0.1, 0.15) is 28.3 Å². The van der Waals surface area contributed by atoms with E-state index in [1.54, 1.807) is 11.4 Å². The van der Waals surface area contributed by atoms with Gasteiger partial charge >= 0.3 is 0 Å². The van der Waals surface area contributed by atoms with Crippen molar-refractivity contribution in [2.45, 2.75) is 19.1 Å². The summed E-state index contributed by atoms with van der Waals surface area (Å²) in [6.07, 6.45) is -2.12. The minimum absolute atomic E-state index is 0.0612. The van der Waals surface area contributed by atoms with Crippen LogP contribution in [0.2, 0.25) is 0 Å². The zero-order chi connectivity index (χ0) is 10.7. The number of carbonyl (C=O) groups is 1. The maximum Gasteiger partial charge on any atom is 0.170 e. The molecule has 0 spiro atoms. The van der Waals surface area contributed by atoms with E-state index in [0.717, 1.165) is 0 Å². The maximum atomic E-state index is 11.1. The molecule has 2 N–H and O–H groups in total. The summed E-state index contributed by atoms with van der Waals surface area (Å²) in [5, 5.41) is 20.6. The van der Waals surface area contributed by atoms with Gasteiger partial charge < -0.3 is 10.2 Å². The molecule has 0 aliphatic rings. The summed E-state index contributed by atoms with van der Waals surface area (Å²) in [6.45, 7) is 1.43. The Labute approximate surface area is 90.9 Å². The van der Waals surface area contributed by atoms with Gasteiger partial charge in [-0.3, -0.25) is 4.79 Å². The highest BCUT2D eigenvalue weighted by molar-refractivity contribution is 7.12. The number of thiophene rings is 1. The lowest BCUT2D eigenvalue weighted by molar-refractivity contribution is 0.0325. The third-order valence-corrected chi connectivity index (χ3v) is 3.20. The lowest BCUT2D eigenvalue weighted by atomic mass is 10.1. The maximum absolute atomic E-state index is 11.1. The number of rotatable bonds is 4. The highest BCUT2D eigenvalue weighted by Gasteiger charge is 2.22. The number of halogens is 1. The van der Waals surface area contributed by atoms with Gasteiger partial charge in [0.25, 0.3) is 0 Å². The van der Waals surface area contributed by atoms with Crippen LogP contribution >= 0.6 is 22.9 Å². The van der Waals surface area contributed by atoms with Crippen molar-refractivity contribution in [2.75, 3.05) is 5.88 Å². The van der Waals surface area contributed by atoms with Crippen molar-refractivity contribution in [2.24, 2.45) is 0 Å². The third-order valence-electron chi connectivity index (χ3n) is 1.86. The van der Waals surface area contributed by atoms with Crippen LogP contribution in [0.4, 0.5) is 0 Å². The molecular formula is C9H11ClO3S. The molecule has 1 rings (SSSR count). The number of carbonyl (C=O) groups excluding carboxylic acids is 1. The molecule has 0 aliphatic carbocycles. The Morgan fingerprint density at radius 3 is 2.79 bits per heavy atom. The molecule has 78 valence electrons. The first-order valence-corrected chi connectivity index (χ1v) is 5.49. The average Bonchev–Trinajstić information content (AvgIpc) is 2.63. The highest BCUT2D eigenvalue weighted by atomic mass is 35.5. The van der Waals surface area contributed by atoms with Gasteiger partial charge in [-0.1, -0.05) is 0 Å². The lowest BCUT2D eigenvalue weighted by Gasteiger charge is -2.15. The summed E-state index contributed by atoms with van der Waals surface area (Å²) in [4.78, 5) is 11.6. The largest absolute Gasteiger partial charge is 0.389 e. The topological polar surface area (TPSA) is 57.5 Å². The molecule has 2 unspecified atom stereocenters. The molecular weight excluding hydrogens is 224 g/mol. The smallest absolute Gasteiger partial charge is 0.170 e. The molecule has 0 bridgehead atoms. The van der Waals surface area contributed by atoms with Crippen LogP contribution < -0.4 is 0 Å². The van der Waals surface area contributed by atoms with E-state index < -0.39 is 12.2 Å². The van der Waals surface area contributed by atoms with E-state index in [4.69, 9.17) is 11.6 Å². The molecule has 2 atom stereocenters. The van der Waals surface area contributed by atoms with E-state index in [2.05, 4.69) is 0 Å². The first-order valence-electron chi connectivity index (χ1n) is 4.08. The fourth-order valence-electron chi connectivity index (χ4n) is 1.13. The van der Waals surface area contributed by atoms with Gasteiger partial charge in [0.15, 0.2) is 5.78 Å². The van der Waals surface area contributed by atoms with Crippen LogP contribution in [-0.2, 0) is 0 Å². The molecule has 0 aliphatic heterocycles. The Kier molecular flexibility index (Phi) is 4.07. The summed E-state index contributed by atoms with van der Waals surface area (Å²) in [5.41, 5.74) is 0.454. The van der Waals surface area contributed by atoms with Crippen LogP contribution in [0, 0.1) is 0 Å². The summed E-state index contributed by atoms with van der Waals surface area (Å²) < 4.78 is 0. The van der Waals surface area contributed by atoms with Crippen molar-refractivity contribution in [1.29, 1.82) is 0 Å². The molecule has 14 heavy (non-hydrogen) atoms. The van der Waals surface area contributed by atoms with E-state index >= 15 is 0 Å². The molecule has 0 saturated carbocycles. The van der Waals surface area contributed by atoms with Crippen LogP contribution in [0.3, 0.4) is 0 Å². The number of alkyl halides is 1. The first kappa shape index (κ1) is 11.7. The summed E-state index contributed by atoms with van der Waals surface area (Å²) in [5.74, 6) is -0.176. The minimum Gasteiger partial charge on any atom is -0.389 e. The summed E-state index contributed by atoms with van der Waals surface area (Å²) >= 11 is 6.65. The van der Waals surface area contributed by atoms with Crippen LogP contribution in [0.15, 0.2) is 11.4 Å². The van der Waals surface area contributed by atoms with E-state index in [1.807, 2.05) is 0 Å². The second kappa shape index (κ2) is 4.89. The predicted octanol–water partition coefficient (Wildman–Crippen LogP) is 1.58. The Morgan fingerprint density at radius 1 is 1.64 bits per heavy atom. The fourth-order valence-corrected chi connectivity index (χ4v) is 2.14. The average molecular weight is 235 g/mol. The number of hydrogen-bond acceptors (Lipinski definition) is 4. The fraction of sp³-hybridized carbons (Fsp3) is 0.444. The SMILES string of the molecule is CC(=O)c1sccc1C(O)C(O)CCl. The van der Waals surface area contributed by atoms with Crippen molar-refractivity contribution in [3.63, 3.8) is 0 Å². The number of Topliss-reactive ketones (excluding diaryl/α,β-unsaturated/α-hetero) is 1. The molecule has 1 aromatic rings.